The van der Waals surface area contributed by atoms with Crippen LogP contribution in [0.2, 0.25) is 0 Å². The minimum atomic E-state index is 0.228. The highest BCUT2D eigenvalue weighted by atomic mass is 16.5. The van der Waals surface area contributed by atoms with E-state index in [0.717, 1.165) is 31.6 Å². The number of aromatic nitrogens is 2. The molecule has 4 nitrogen and oxygen atoms in total. The Labute approximate surface area is 114 Å². The molecular formula is C15H21N3O. The molecule has 1 heterocycles. The average Bonchev–Trinajstić information content (AvgIpc) is 2.92. The monoisotopic (exact) mass is 259 g/mol. The second kappa shape index (κ2) is 7.04. The molecule has 102 valence electrons. The maximum Gasteiger partial charge on any atom is 0.228 e. The van der Waals surface area contributed by atoms with Gasteiger partial charge in [-0.3, -0.25) is 0 Å². The molecule has 0 fully saturated rings. The van der Waals surface area contributed by atoms with Gasteiger partial charge in [0.2, 0.25) is 5.89 Å². The van der Waals surface area contributed by atoms with E-state index in [-0.39, 0.29) is 6.04 Å². The van der Waals surface area contributed by atoms with Crippen LogP contribution in [0.4, 0.5) is 0 Å². The van der Waals surface area contributed by atoms with Crippen molar-refractivity contribution in [3.63, 3.8) is 0 Å². The van der Waals surface area contributed by atoms with E-state index in [2.05, 4.69) is 46.6 Å². The lowest BCUT2D eigenvalue weighted by atomic mass is 10.0. The van der Waals surface area contributed by atoms with E-state index in [1.165, 1.54) is 5.56 Å². The van der Waals surface area contributed by atoms with Gasteiger partial charge in [-0.1, -0.05) is 49.3 Å². The van der Waals surface area contributed by atoms with E-state index in [1.807, 2.05) is 13.0 Å². The van der Waals surface area contributed by atoms with Crippen molar-refractivity contribution in [2.75, 3.05) is 6.54 Å². The third-order valence-electron chi connectivity index (χ3n) is 3.05. The van der Waals surface area contributed by atoms with E-state index in [1.54, 1.807) is 0 Å². The summed E-state index contributed by atoms with van der Waals surface area (Å²) in [5.41, 5.74) is 1.26. The molecule has 1 aromatic carbocycles. The lowest BCUT2D eigenvalue weighted by molar-refractivity contribution is 0.354. The maximum atomic E-state index is 5.29. The number of nitrogens with zero attached hydrogens (tertiary/aromatic N) is 2. The summed E-state index contributed by atoms with van der Waals surface area (Å²) in [4.78, 5) is 4.38. The van der Waals surface area contributed by atoms with Crippen molar-refractivity contribution < 1.29 is 4.52 Å². The highest BCUT2D eigenvalue weighted by Gasteiger charge is 2.15. The van der Waals surface area contributed by atoms with Gasteiger partial charge >= 0.3 is 0 Å². The van der Waals surface area contributed by atoms with Gasteiger partial charge in [-0.25, -0.2) is 0 Å². The molecule has 0 spiro atoms. The number of hydrogen-bond acceptors (Lipinski definition) is 4. The highest BCUT2D eigenvalue weighted by molar-refractivity contribution is 5.19. The lowest BCUT2D eigenvalue weighted by Gasteiger charge is -2.17. The predicted molar refractivity (Wildman–Crippen MR) is 74.9 cm³/mol. The van der Waals surface area contributed by atoms with Crippen LogP contribution < -0.4 is 5.32 Å². The Morgan fingerprint density at radius 3 is 2.63 bits per heavy atom. The second-order valence-electron chi connectivity index (χ2n) is 4.58. The molecule has 0 aliphatic rings. The zero-order valence-corrected chi connectivity index (χ0v) is 11.6. The zero-order valence-electron chi connectivity index (χ0n) is 11.6. The Morgan fingerprint density at radius 1 is 1.21 bits per heavy atom. The van der Waals surface area contributed by atoms with Gasteiger partial charge in [0.05, 0.1) is 0 Å². The van der Waals surface area contributed by atoms with Gasteiger partial charge < -0.3 is 9.84 Å². The van der Waals surface area contributed by atoms with Crippen molar-refractivity contribution in [3.05, 3.63) is 47.6 Å². The molecule has 1 aromatic heterocycles. The number of benzene rings is 1. The molecular weight excluding hydrogens is 238 g/mol. The van der Waals surface area contributed by atoms with Crippen LogP contribution >= 0.6 is 0 Å². The summed E-state index contributed by atoms with van der Waals surface area (Å²) >= 11 is 0. The molecule has 1 N–H and O–H groups in total. The molecule has 0 saturated carbocycles. The summed E-state index contributed by atoms with van der Waals surface area (Å²) in [5, 5.41) is 7.48. The first-order valence-corrected chi connectivity index (χ1v) is 6.93. The van der Waals surface area contributed by atoms with Crippen LogP contribution in [0.15, 0.2) is 34.9 Å². The van der Waals surface area contributed by atoms with Crippen molar-refractivity contribution in [1.82, 2.24) is 15.5 Å². The smallest absolute Gasteiger partial charge is 0.228 e. The summed E-state index contributed by atoms with van der Waals surface area (Å²) in [7, 11) is 0. The minimum Gasteiger partial charge on any atom is -0.339 e. The third-order valence-corrected chi connectivity index (χ3v) is 3.05. The molecule has 1 atom stereocenters. The van der Waals surface area contributed by atoms with Gasteiger partial charge in [-0.05, 0) is 18.5 Å². The van der Waals surface area contributed by atoms with E-state index >= 15 is 0 Å². The second-order valence-corrected chi connectivity index (χ2v) is 4.58. The summed E-state index contributed by atoms with van der Waals surface area (Å²) in [5.74, 6) is 1.48. The molecule has 0 saturated heterocycles. The summed E-state index contributed by atoms with van der Waals surface area (Å²) in [6.07, 6.45) is 2.65. The summed E-state index contributed by atoms with van der Waals surface area (Å²) < 4.78 is 5.29. The molecule has 4 heteroatoms. The van der Waals surface area contributed by atoms with Crippen LogP contribution in [-0.4, -0.2) is 16.7 Å². The molecule has 0 aliphatic carbocycles. The Kier molecular flexibility index (Phi) is 5.10. The minimum absolute atomic E-state index is 0.228. The van der Waals surface area contributed by atoms with Crippen LogP contribution in [0.1, 0.15) is 43.6 Å². The fraction of sp³-hybridized carbons (Fsp3) is 0.467. The summed E-state index contributed by atoms with van der Waals surface area (Å²) in [6.45, 7) is 5.17. The van der Waals surface area contributed by atoms with Crippen LogP contribution in [0, 0.1) is 0 Å². The van der Waals surface area contributed by atoms with Crippen molar-refractivity contribution >= 4 is 0 Å². The lowest BCUT2D eigenvalue weighted by Crippen LogP contribution is -2.24. The van der Waals surface area contributed by atoms with E-state index in [9.17, 15) is 0 Å². The molecule has 2 aromatic rings. The highest BCUT2D eigenvalue weighted by Crippen LogP contribution is 2.17. The maximum absolute atomic E-state index is 5.29. The topological polar surface area (TPSA) is 51.0 Å². The molecule has 0 bridgehead atoms. The first kappa shape index (κ1) is 13.7. The average molecular weight is 259 g/mol. The fourth-order valence-electron chi connectivity index (χ4n) is 2.00. The Balaban J connectivity index is 2.09. The predicted octanol–water partition coefficient (Wildman–Crippen LogP) is 2.92. The molecule has 19 heavy (non-hydrogen) atoms. The van der Waals surface area contributed by atoms with Crippen LogP contribution in [0.25, 0.3) is 0 Å². The van der Waals surface area contributed by atoms with E-state index in [0.29, 0.717) is 5.89 Å². The van der Waals surface area contributed by atoms with Crippen molar-refractivity contribution in [2.24, 2.45) is 0 Å². The normalized spacial score (nSPS) is 12.5. The van der Waals surface area contributed by atoms with Gasteiger partial charge in [0.1, 0.15) is 0 Å². The van der Waals surface area contributed by atoms with Crippen molar-refractivity contribution in [2.45, 2.75) is 39.2 Å². The Bertz CT molecular complexity index is 481. The summed E-state index contributed by atoms with van der Waals surface area (Å²) in [6, 6.07) is 10.6. The standard InChI is InChI=1S/C15H21N3O/c1-3-10-16-13(12-8-6-5-7-9-12)11-15-17-14(4-2)18-19-15/h5-9,13,16H,3-4,10-11H2,1-2H3. The third kappa shape index (κ3) is 3.89. The number of nitrogens with one attached hydrogen (secondary N) is 1. The van der Waals surface area contributed by atoms with Gasteiger partial charge in [0.25, 0.3) is 0 Å². The first-order chi connectivity index (χ1) is 9.33. The van der Waals surface area contributed by atoms with Crippen molar-refractivity contribution in [1.29, 1.82) is 0 Å². The van der Waals surface area contributed by atoms with Crippen LogP contribution in [-0.2, 0) is 12.8 Å². The molecule has 1 unspecified atom stereocenters. The van der Waals surface area contributed by atoms with Crippen LogP contribution in [0.3, 0.4) is 0 Å². The van der Waals surface area contributed by atoms with E-state index in [4.69, 9.17) is 4.52 Å². The van der Waals surface area contributed by atoms with E-state index < -0.39 is 0 Å². The Hall–Kier alpha value is -1.68. The number of hydrogen-bond donors (Lipinski definition) is 1. The van der Waals surface area contributed by atoms with Gasteiger partial charge in [-0.2, -0.15) is 4.98 Å². The first-order valence-electron chi connectivity index (χ1n) is 6.93. The Morgan fingerprint density at radius 2 is 2.00 bits per heavy atom. The SMILES string of the molecule is CCCNC(Cc1nc(CC)no1)c1ccccc1. The van der Waals surface area contributed by atoms with Crippen LogP contribution in [0.5, 0.6) is 0 Å². The molecule has 0 aliphatic heterocycles. The quantitative estimate of drug-likeness (QED) is 0.830. The zero-order chi connectivity index (χ0) is 13.5. The molecule has 2 rings (SSSR count). The molecule has 0 radical (unpaired) electrons. The van der Waals surface area contributed by atoms with Crippen molar-refractivity contribution in [3.8, 4) is 0 Å². The fourth-order valence-corrected chi connectivity index (χ4v) is 2.00. The van der Waals surface area contributed by atoms with Gasteiger partial charge in [0.15, 0.2) is 5.82 Å². The van der Waals surface area contributed by atoms with Gasteiger partial charge in [-0.15, -0.1) is 0 Å². The largest absolute Gasteiger partial charge is 0.339 e. The number of aryl methyl sites for hydroxylation is 1. The molecule has 0 amide bonds. The number of rotatable bonds is 7. The van der Waals surface area contributed by atoms with Gasteiger partial charge in [0, 0.05) is 18.9 Å².